The fraction of sp³-hybridized carbons (Fsp3) is 0.0625. The Bertz CT molecular complexity index is 671. The Balaban J connectivity index is 2.21. The molecule has 0 saturated carbocycles. The number of nitrogens with one attached hydrogen (secondary N) is 1. The number of aryl methyl sites for hydroxylation is 1. The number of hydrogen-bond acceptors (Lipinski definition) is 1. The Hall–Kier alpha value is -2.24. The number of amides is 1. The van der Waals surface area contributed by atoms with E-state index in [1.807, 2.05) is 13.0 Å². The molecule has 0 aliphatic heterocycles. The maximum absolute atomic E-state index is 12.1. The zero-order chi connectivity index (χ0) is 13.8. The lowest BCUT2D eigenvalue weighted by atomic mass is 10.1. The van der Waals surface area contributed by atoms with E-state index in [4.69, 9.17) is 18.0 Å². The monoisotopic (exact) mass is 269 g/mol. The van der Waals surface area contributed by atoms with Crippen LogP contribution in [0.15, 0.2) is 42.5 Å². The van der Waals surface area contributed by atoms with Crippen molar-refractivity contribution in [2.75, 3.05) is 5.32 Å². The minimum Gasteiger partial charge on any atom is -0.322 e. The van der Waals surface area contributed by atoms with Crippen LogP contribution >= 0.6 is 11.6 Å². The quantitative estimate of drug-likeness (QED) is 0.824. The second-order valence-electron chi connectivity index (χ2n) is 4.14. The normalized spacial score (nSPS) is 9.74. The molecule has 0 saturated heterocycles. The first kappa shape index (κ1) is 13.2. The van der Waals surface area contributed by atoms with E-state index in [2.05, 4.69) is 11.2 Å². The number of benzene rings is 2. The van der Waals surface area contributed by atoms with Gasteiger partial charge in [0.1, 0.15) is 0 Å². The second-order valence-corrected chi connectivity index (χ2v) is 4.55. The highest BCUT2D eigenvalue weighted by molar-refractivity contribution is 6.31. The summed E-state index contributed by atoms with van der Waals surface area (Å²) in [5, 5.41) is 3.36. The van der Waals surface area contributed by atoms with E-state index >= 15 is 0 Å². The molecule has 0 heterocycles. The van der Waals surface area contributed by atoms with E-state index in [1.165, 1.54) is 0 Å². The van der Waals surface area contributed by atoms with Gasteiger partial charge < -0.3 is 5.32 Å². The van der Waals surface area contributed by atoms with Crippen LogP contribution in [0.3, 0.4) is 0 Å². The van der Waals surface area contributed by atoms with Gasteiger partial charge in [0.2, 0.25) is 0 Å². The molecule has 0 aliphatic rings. The van der Waals surface area contributed by atoms with Crippen molar-refractivity contribution >= 4 is 23.2 Å². The molecule has 1 amide bonds. The SMILES string of the molecule is C#Cc1cccc(NC(=O)c2ccc(C)c(Cl)c2)c1. The predicted molar refractivity (Wildman–Crippen MR) is 78.5 cm³/mol. The third-order valence-corrected chi connectivity index (χ3v) is 3.13. The van der Waals surface area contributed by atoms with Crippen molar-refractivity contribution < 1.29 is 4.79 Å². The highest BCUT2D eigenvalue weighted by Crippen LogP contribution is 2.18. The summed E-state index contributed by atoms with van der Waals surface area (Å²) in [5.41, 5.74) is 2.84. The molecule has 0 atom stereocenters. The van der Waals surface area contributed by atoms with E-state index < -0.39 is 0 Å². The van der Waals surface area contributed by atoms with Crippen LogP contribution < -0.4 is 5.32 Å². The molecule has 0 spiro atoms. The third kappa shape index (κ3) is 3.15. The molecule has 3 heteroatoms. The van der Waals surface area contributed by atoms with Crippen molar-refractivity contribution in [1.82, 2.24) is 0 Å². The van der Waals surface area contributed by atoms with E-state index in [0.717, 1.165) is 11.1 Å². The molecule has 0 fully saturated rings. The summed E-state index contributed by atoms with van der Waals surface area (Å²) in [6.45, 7) is 1.89. The minimum atomic E-state index is -0.212. The van der Waals surface area contributed by atoms with Crippen molar-refractivity contribution in [1.29, 1.82) is 0 Å². The third-order valence-electron chi connectivity index (χ3n) is 2.72. The van der Waals surface area contributed by atoms with Gasteiger partial charge in [-0.2, -0.15) is 0 Å². The summed E-state index contributed by atoms with van der Waals surface area (Å²) in [4.78, 5) is 12.1. The van der Waals surface area contributed by atoms with Crippen LogP contribution in [-0.4, -0.2) is 5.91 Å². The summed E-state index contributed by atoms with van der Waals surface area (Å²) in [6.07, 6.45) is 5.32. The van der Waals surface area contributed by atoms with Crippen LogP contribution in [0.4, 0.5) is 5.69 Å². The van der Waals surface area contributed by atoms with Crippen molar-refractivity contribution in [2.45, 2.75) is 6.92 Å². The number of terminal acetylenes is 1. The van der Waals surface area contributed by atoms with Crippen molar-refractivity contribution in [2.24, 2.45) is 0 Å². The van der Waals surface area contributed by atoms with Gasteiger partial charge in [-0.25, -0.2) is 0 Å². The van der Waals surface area contributed by atoms with Crippen LogP contribution in [0, 0.1) is 19.3 Å². The standard InChI is InChI=1S/C16H12ClNO/c1-3-12-5-4-6-14(9-12)18-16(19)13-8-7-11(2)15(17)10-13/h1,4-10H,2H3,(H,18,19). The van der Waals surface area contributed by atoms with Gasteiger partial charge in [0.05, 0.1) is 0 Å². The summed E-state index contributed by atoms with van der Waals surface area (Å²) in [5.74, 6) is 2.31. The highest BCUT2D eigenvalue weighted by Gasteiger charge is 2.07. The Morgan fingerprint density at radius 1 is 1.26 bits per heavy atom. The topological polar surface area (TPSA) is 29.1 Å². The summed E-state index contributed by atoms with van der Waals surface area (Å²) >= 11 is 6.00. The zero-order valence-corrected chi connectivity index (χ0v) is 11.2. The van der Waals surface area contributed by atoms with Crippen molar-refractivity contribution in [3.8, 4) is 12.3 Å². The zero-order valence-electron chi connectivity index (χ0n) is 10.4. The number of anilines is 1. The molecule has 0 unspecified atom stereocenters. The van der Waals surface area contributed by atoms with Gasteiger partial charge in [-0.15, -0.1) is 6.42 Å². The molecule has 0 aromatic heterocycles. The Morgan fingerprint density at radius 3 is 2.74 bits per heavy atom. The van der Waals surface area contributed by atoms with Gasteiger partial charge in [0, 0.05) is 21.8 Å². The van der Waals surface area contributed by atoms with E-state index in [0.29, 0.717) is 16.3 Å². The Kier molecular flexibility index (Phi) is 3.89. The maximum Gasteiger partial charge on any atom is 0.255 e. The van der Waals surface area contributed by atoms with Crippen molar-refractivity contribution in [3.63, 3.8) is 0 Å². The summed E-state index contributed by atoms with van der Waals surface area (Å²) in [7, 11) is 0. The number of carbonyl (C=O) groups excluding carboxylic acids is 1. The Labute approximate surface area is 117 Å². The number of rotatable bonds is 2. The molecule has 2 rings (SSSR count). The number of carbonyl (C=O) groups is 1. The van der Waals surface area contributed by atoms with Gasteiger partial charge >= 0.3 is 0 Å². The van der Waals surface area contributed by atoms with Gasteiger partial charge in [0.15, 0.2) is 0 Å². The van der Waals surface area contributed by atoms with Crippen LogP contribution in [0.25, 0.3) is 0 Å². The minimum absolute atomic E-state index is 0.212. The molecular formula is C16H12ClNO. The highest BCUT2D eigenvalue weighted by atomic mass is 35.5. The average molecular weight is 270 g/mol. The van der Waals surface area contributed by atoms with Gasteiger partial charge in [0.25, 0.3) is 5.91 Å². The average Bonchev–Trinajstić information content (AvgIpc) is 2.42. The first-order valence-electron chi connectivity index (χ1n) is 5.74. The van der Waals surface area contributed by atoms with Gasteiger partial charge in [-0.3, -0.25) is 4.79 Å². The molecule has 0 bridgehead atoms. The molecule has 2 aromatic rings. The largest absolute Gasteiger partial charge is 0.322 e. The summed E-state index contributed by atoms with van der Waals surface area (Å²) in [6, 6.07) is 12.3. The molecule has 94 valence electrons. The molecule has 1 N–H and O–H groups in total. The first-order chi connectivity index (χ1) is 9.10. The molecule has 0 radical (unpaired) electrons. The summed E-state index contributed by atoms with van der Waals surface area (Å²) < 4.78 is 0. The van der Waals surface area contributed by atoms with Crippen molar-refractivity contribution in [3.05, 3.63) is 64.2 Å². The fourth-order valence-corrected chi connectivity index (χ4v) is 1.80. The predicted octanol–water partition coefficient (Wildman–Crippen LogP) is 3.88. The molecule has 19 heavy (non-hydrogen) atoms. The lowest BCUT2D eigenvalue weighted by Gasteiger charge is -2.07. The first-order valence-corrected chi connectivity index (χ1v) is 6.12. The smallest absolute Gasteiger partial charge is 0.255 e. The second kappa shape index (κ2) is 5.60. The van der Waals surface area contributed by atoms with Crippen LogP contribution in [0.5, 0.6) is 0 Å². The van der Waals surface area contributed by atoms with Crippen LogP contribution in [0.1, 0.15) is 21.5 Å². The molecular weight excluding hydrogens is 258 g/mol. The fourth-order valence-electron chi connectivity index (χ4n) is 1.62. The van der Waals surface area contributed by atoms with E-state index in [9.17, 15) is 4.79 Å². The number of hydrogen-bond donors (Lipinski definition) is 1. The lowest BCUT2D eigenvalue weighted by Crippen LogP contribution is -2.11. The Morgan fingerprint density at radius 2 is 2.05 bits per heavy atom. The van der Waals surface area contributed by atoms with E-state index in [1.54, 1.807) is 36.4 Å². The number of halogens is 1. The lowest BCUT2D eigenvalue weighted by molar-refractivity contribution is 0.102. The van der Waals surface area contributed by atoms with E-state index in [-0.39, 0.29) is 5.91 Å². The maximum atomic E-state index is 12.1. The van der Waals surface area contributed by atoms with Gasteiger partial charge in [-0.1, -0.05) is 29.7 Å². The molecule has 0 aliphatic carbocycles. The van der Waals surface area contributed by atoms with Crippen LogP contribution in [-0.2, 0) is 0 Å². The van der Waals surface area contributed by atoms with Gasteiger partial charge in [-0.05, 0) is 42.8 Å². The van der Waals surface area contributed by atoms with Crippen LogP contribution in [0.2, 0.25) is 5.02 Å². The molecule has 2 aromatic carbocycles. The molecule has 2 nitrogen and oxygen atoms in total.